The van der Waals surface area contributed by atoms with Crippen LogP contribution in [0.5, 0.6) is 0 Å². The minimum absolute atomic E-state index is 0. The van der Waals surface area contributed by atoms with Crippen LogP contribution >= 0.6 is 0 Å². The number of rotatable bonds is 6. The van der Waals surface area contributed by atoms with Gasteiger partial charge in [-0.1, -0.05) is 13.8 Å². The van der Waals surface area contributed by atoms with E-state index in [1.807, 2.05) is 13.8 Å². The second-order valence-electron chi connectivity index (χ2n) is 2.75. The van der Waals surface area contributed by atoms with Crippen molar-refractivity contribution in [2.45, 2.75) is 46.0 Å². The summed E-state index contributed by atoms with van der Waals surface area (Å²) in [5, 5.41) is 0. The number of carbonyl (C=O) groups is 2. The number of hydrogen-bond acceptors (Lipinski definition) is 2. The van der Waals surface area contributed by atoms with Gasteiger partial charge in [-0.3, -0.25) is 9.59 Å². The number of hydrogen-bond donors (Lipinski definition) is 0. The second kappa shape index (κ2) is 9.03. The maximum atomic E-state index is 10.9. The van der Waals surface area contributed by atoms with Crippen LogP contribution in [-0.2, 0) is 9.59 Å². The quantitative estimate of drug-likeness (QED) is 0.440. The van der Waals surface area contributed by atoms with Crippen LogP contribution in [0, 0.1) is 0 Å². The van der Waals surface area contributed by atoms with Crippen LogP contribution in [-0.4, -0.2) is 30.4 Å². The van der Waals surface area contributed by atoms with Gasteiger partial charge in [-0.05, 0) is 12.8 Å². The molecule has 0 rings (SSSR count). The van der Waals surface area contributed by atoms with E-state index >= 15 is 0 Å². The Morgan fingerprint density at radius 2 is 1.25 bits per heavy atom. The molecule has 0 saturated heterocycles. The molecule has 0 aromatic heterocycles. The van der Waals surface area contributed by atoms with Gasteiger partial charge in [0.25, 0.3) is 0 Å². The topological polar surface area (TPSA) is 34.1 Å². The summed E-state index contributed by atoms with van der Waals surface area (Å²) in [6, 6.07) is 0. The van der Waals surface area contributed by atoms with Crippen molar-refractivity contribution in [3.63, 3.8) is 0 Å². The van der Waals surface area contributed by atoms with Crippen LogP contribution in [0.25, 0.3) is 0 Å². The Morgan fingerprint density at radius 1 is 0.917 bits per heavy atom. The summed E-state index contributed by atoms with van der Waals surface area (Å²) in [4.78, 5) is 21.8. The van der Waals surface area contributed by atoms with Gasteiger partial charge in [0.2, 0.25) is 0 Å². The fraction of sp³-hybridized carbons (Fsp3) is 0.778. The monoisotopic (exact) mass is 164 g/mol. The average Bonchev–Trinajstić information content (AvgIpc) is 1.87. The Balaban J connectivity index is 0. The first kappa shape index (κ1) is 14.5. The molecule has 0 saturated carbocycles. The van der Waals surface area contributed by atoms with Gasteiger partial charge >= 0.3 is 18.9 Å². The van der Waals surface area contributed by atoms with Crippen molar-refractivity contribution in [3.05, 3.63) is 0 Å². The molecule has 0 aliphatic rings. The van der Waals surface area contributed by atoms with Crippen LogP contribution in [0.3, 0.4) is 0 Å². The van der Waals surface area contributed by atoms with Crippen molar-refractivity contribution in [1.29, 1.82) is 0 Å². The molecule has 0 aliphatic carbocycles. The third-order valence-electron chi connectivity index (χ3n) is 1.45. The van der Waals surface area contributed by atoms with E-state index in [1.165, 1.54) is 0 Å². The van der Waals surface area contributed by atoms with Gasteiger partial charge in [0.1, 0.15) is 11.6 Å². The van der Waals surface area contributed by atoms with E-state index in [-0.39, 0.29) is 36.8 Å². The van der Waals surface area contributed by atoms with Gasteiger partial charge in [-0.25, -0.2) is 0 Å². The summed E-state index contributed by atoms with van der Waals surface area (Å²) >= 11 is 0. The molecule has 0 N–H and O–H groups in total. The first-order chi connectivity index (χ1) is 5.20. The van der Waals surface area contributed by atoms with Gasteiger partial charge in [0.15, 0.2) is 0 Å². The zero-order valence-corrected chi connectivity index (χ0v) is 7.35. The standard InChI is InChI=1S/C9H16O2.Li.H/c1-3-5-8(10)7-9(11)6-4-2;;/h3-7H2,1-2H3;;. The predicted octanol–water partition coefficient (Wildman–Crippen LogP) is 1.47. The zero-order chi connectivity index (χ0) is 8.69. The molecule has 3 heteroatoms. The first-order valence-corrected chi connectivity index (χ1v) is 4.24. The molecule has 0 heterocycles. The second-order valence-corrected chi connectivity index (χ2v) is 2.75. The third-order valence-corrected chi connectivity index (χ3v) is 1.45. The van der Waals surface area contributed by atoms with E-state index in [4.69, 9.17) is 0 Å². The molecule has 0 aliphatic heterocycles. The Labute approximate surface area is 86.3 Å². The number of Topliss-reactive ketones (excluding diaryl/α,β-unsaturated/α-hetero) is 2. The zero-order valence-electron chi connectivity index (χ0n) is 7.35. The number of ketones is 2. The van der Waals surface area contributed by atoms with Crippen molar-refractivity contribution in [1.82, 2.24) is 0 Å². The van der Waals surface area contributed by atoms with Crippen molar-refractivity contribution < 1.29 is 9.59 Å². The van der Waals surface area contributed by atoms with Crippen LogP contribution in [0.2, 0.25) is 0 Å². The van der Waals surface area contributed by atoms with E-state index < -0.39 is 0 Å². The van der Waals surface area contributed by atoms with Crippen molar-refractivity contribution in [2.75, 3.05) is 0 Å². The first-order valence-electron chi connectivity index (χ1n) is 4.24. The van der Waals surface area contributed by atoms with Crippen molar-refractivity contribution in [3.8, 4) is 0 Å². The minimum atomic E-state index is 0. The van der Waals surface area contributed by atoms with Gasteiger partial charge in [-0.15, -0.1) is 0 Å². The van der Waals surface area contributed by atoms with Gasteiger partial charge in [0.05, 0.1) is 6.42 Å². The van der Waals surface area contributed by atoms with Crippen LogP contribution < -0.4 is 0 Å². The molecule has 0 amide bonds. The molecule has 66 valence electrons. The van der Waals surface area contributed by atoms with Crippen LogP contribution in [0.1, 0.15) is 46.0 Å². The Kier molecular flexibility index (Phi) is 10.9. The van der Waals surface area contributed by atoms with Crippen molar-refractivity contribution >= 4 is 30.4 Å². The molecular formula is C9H17LiO2. The van der Waals surface area contributed by atoms with Crippen LogP contribution in [0.4, 0.5) is 0 Å². The number of carbonyl (C=O) groups excluding carboxylic acids is 2. The van der Waals surface area contributed by atoms with Gasteiger partial charge in [-0.2, -0.15) is 0 Å². The predicted molar refractivity (Wildman–Crippen MR) is 51.6 cm³/mol. The summed E-state index contributed by atoms with van der Waals surface area (Å²) < 4.78 is 0. The average molecular weight is 164 g/mol. The van der Waals surface area contributed by atoms with Crippen molar-refractivity contribution in [2.24, 2.45) is 0 Å². The molecule has 0 bridgehead atoms. The summed E-state index contributed by atoms with van der Waals surface area (Å²) in [6.45, 7) is 3.89. The van der Waals surface area contributed by atoms with E-state index in [1.54, 1.807) is 0 Å². The fourth-order valence-electron chi connectivity index (χ4n) is 0.954. The Bertz CT molecular complexity index is 127. The molecule has 0 spiro atoms. The summed E-state index contributed by atoms with van der Waals surface area (Å²) in [5.74, 6) is 0.178. The maximum absolute atomic E-state index is 10.9. The molecule has 0 aromatic rings. The van der Waals surface area contributed by atoms with E-state index in [9.17, 15) is 9.59 Å². The Hall–Kier alpha value is -0.0626. The fourth-order valence-corrected chi connectivity index (χ4v) is 0.954. The van der Waals surface area contributed by atoms with E-state index in [0.29, 0.717) is 12.8 Å². The third kappa shape index (κ3) is 8.04. The molecule has 0 aromatic carbocycles. The van der Waals surface area contributed by atoms with E-state index in [0.717, 1.165) is 12.8 Å². The summed E-state index contributed by atoms with van der Waals surface area (Å²) in [5.41, 5.74) is 0. The molecule has 0 unspecified atom stereocenters. The summed E-state index contributed by atoms with van der Waals surface area (Å²) in [6.07, 6.45) is 2.95. The molecule has 0 fully saturated rings. The SMILES string of the molecule is CCCC(=O)CC(=O)CCC.[LiH]. The van der Waals surface area contributed by atoms with Crippen LogP contribution in [0.15, 0.2) is 0 Å². The Morgan fingerprint density at radius 3 is 1.50 bits per heavy atom. The van der Waals surface area contributed by atoms with Gasteiger partial charge in [0, 0.05) is 12.8 Å². The normalized spacial score (nSPS) is 8.83. The molecule has 0 atom stereocenters. The molecular weight excluding hydrogens is 147 g/mol. The molecule has 2 nitrogen and oxygen atoms in total. The van der Waals surface area contributed by atoms with E-state index in [2.05, 4.69) is 0 Å². The molecule has 0 radical (unpaired) electrons. The summed E-state index contributed by atoms with van der Waals surface area (Å²) in [7, 11) is 0. The van der Waals surface area contributed by atoms with Gasteiger partial charge < -0.3 is 0 Å². The molecule has 12 heavy (non-hydrogen) atoms.